The fourth-order valence-corrected chi connectivity index (χ4v) is 1.83. The van der Waals surface area contributed by atoms with Crippen molar-refractivity contribution in [3.8, 4) is 0 Å². The number of imidazole rings is 1. The predicted octanol–water partition coefficient (Wildman–Crippen LogP) is 2.47. The van der Waals surface area contributed by atoms with Gasteiger partial charge in [0.25, 0.3) is 0 Å². The van der Waals surface area contributed by atoms with Crippen molar-refractivity contribution in [3.05, 3.63) is 65.7 Å². The van der Waals surface area contributed by atoms with E-state index in [1.165, 1.54) is 18.3 Å². The van der Waals surface area contributed by atoms with E-state index in [0.29, 0.717) is 11.1 Å². The minimum absolute atomic E-state index is 0.187. The molecule has 6 heteroatoms. The zero-order valence-corrected chi connectivity index (χ0v) is 10.9. The summed E-state index contributed by atoms with van der Waals surface area (Å²) in [7, 11) is 0. The van der Waals surface area contributed by atoms with Gasteiger partial charge in [0.1, 0.15) is 5.82 Å². The zero-order chi connectivity index (χ0) is 14.7. The Kier molecular flexibility index (Phi) is 3.42. The van der Waals surface area contributed by atoms with Crippen LogP contribution in [0.2, 0.25) is 0 Å². The van der Waals surface area contributed by atoms with E-state index >= 15 is 0 Å². The van der Waals surface area contributed by atoms with Gasteiger partial charge in [-0.1, -0.05) is 24.3 Å². The van der Waals surface area contributed by atoms with Crippen LogP contribution < -0.4 is 5.43 Å². The number of halogens is 1. The number of nitrogens with zero attached hydrogens (tertiary/aromatic N) is 2. The van der Waals surface area contributed by atoms with Crippen molar-refractivity contribution < 1.29 is 9.18 Å². The Bertz CT molecular complexity index is 775. The van der Waals surface area contributed by atoms with Crippen molar-refractivity contribution >= 4 is 23.2 Å². The van der Waals surface area contributed by atoms with Crippen LogP contribution >= 0.6 is 0 Å². The number of benzene rings is 2. The van der Waals surface area contributed by atoms with E-state index in [1.54, 1.807) is 12.1 Å². The Morgan fingerprint density at radius 2 is 1.95 bits per heavy atom. The second-order valence-electron chi connectivity index (χ2n) is 4.35. The standard InChI is InChI=1S/C15H11FN4O/c16-11-7-5-10(6-8-11)9-17-20-15(21)14-18-12-3-1-2-4-13(12)19-14/h1-9H,(H,18,19)(H,20,21)/b17-9+. The van der Waals surface area contributed by atoms with E-state index < -0.39 is 5.91 Å². The Balaban J connectivity index is 1.70. The van der Waals surface area contributed by atoms with Crippen LogP contribution in [0.3, 0.4) is 0 Å². The molecule has 2 aromatic carbocycles. The molecule has 0 fully saturated rings. The fraction of sp³-hybridized carbons (Fsp3) is 0. The highest BCUT2D eigenvalue weighted by atomic mass is 19.1. The maximum absolute atomic E-state index is 12.7. The summed E-state index contributed by atoms with van der Waals surface area (Å²) in [5, 5.41) is 3.81. The molecule has 3 rings (SSSR count). The summed E-state index contributed by atoms with van der Waals surface area (Å²) >= 11 is 0. The zero-order valence-electron chi connectivity index (χ0n) is 10.9. The number of para-hydroxylation sites is 2. The number of hydrogen-bond acceptors (Lipinski definition) is 3. The van der Waals surface area contributed by atoms with Gasteiger partial charge >= 0.3 is 5.91 Å². The van der Waals surface area contributed by atoms with Crippen LogP contribution in [0.15, 0.2) is 53.6 Å². The molecule has 0 saturated heterocycles. The van der Waals surface area contributed by atoms with Crippen molar-refractivity contribution in [2.24, 2.45) is 5.10 Å². The number of rotatable bonds is 3. The average molecular weight is 282 g/mol. The smallest absolute Gasteiger partial charge is 0.307 e. The average Bonchev–Trinajstić information content (AvgIpc) is 2.93. The molecule has 0 bridgehead atoms. The van der Waals surface area contributed by atoms with Crippen LogP contribution in [0.5, 0.6) is 0 Å². The lowest BCUT2D eigenvalue weighted by Crippen LogP contribution is -2.19. The summed E-state index contributed by atoms with van der Waals surface area (Å²) in [5.74, 6) is -0.574. The first-order valence-corrected chi connectivity index (χ1v) is 6.26. The molecule has 0 aliphatic carbocycles. The van der Waals surface area contributed by atoms with Gasteiger partial charge in [-0.2, -0.15) is 5.10 Å². The Hall–Kier alpha value is -3.02. The number of fused-ring (bicyclic) bond motifs is 1. The maximum Gasteiger partial charge on any atom is 0.307 e. The van der Waals surface area contributed by atoms with Crippen LogP contribution in [0.4, 0.5) is 4.39 Å². The molecular weight excluding hydrogens is 271 g/mol. The first-order chi connectivity index (χ1) is 10.2. The molecule has 5 nitrogen and oxygen atoms in total. The van der Waals surface area contributed by atoms with Gasteiger partial charge in [-0.3, -0.25) is 4.79 Å². The van der Waals surface area contributed by atoms with E-state index in [9.17, 15) is 9.18 Å². The van der Waals surface area contributed by atoms with E-state index in [0.717, 1.165) is 5.52 Å². The highest BCUT2D eigenvalue weighted by Crippen LogP contribution is 2.09. The number of amides is 1. The Labute approximate surface area is 119 Å². The molecule has 0 unspecified atom stereocenters. The van der Waals surface area contributed by atoms with Gasteiger partial charge < -0.3 is 4.98 Å². The van der Waals surface area contributed by atoms with E-state index in [1.807, 2.05) is 24.3 Å². The molecular formula is C15H11FN4O. The van der Waals surface area contributed by atoms with Crippen molar-refractivity contribution in [2.45, 2.75) is 0 Å². The molecule has 0 aliphatic rings. The molecule has 1 aromatic heterocycles. The first-order valence-electron chi connectivity index (χ1n) is 6.26. The normalized spacial score (nSPS) is 11.1. The molecule has 0 radical (unpaired) electrons. The molecule has 0 saturated carbocycles. The molecule has 21 heavy (non-hydrogen) atoms. The van der Waals surface area contributed by atoms with Crippen LogP contribution in [0, 0.1) is 5.82 Å². The lowest BCUT2D eigenvalue weighted by molar-refractivity contribution is 0.0946. The number of H-pyrrole nitrogens is 1. The Morgan fingerprint density at radius 3 is 2.71 bits per heavy atom. The van der Waals surface area contributed by atoms with Crippen LogP contribution in [-0.4, -0.2) is 22.1 Å². The fourth-order valence-electron chi connectivity index (χ4n) is 1.83. The third-order valence-electron chi connectivity index (χ3n) is 2.85. The number of hydrogen-bond donors (Lipinski definition) is 2. The minimum Gasteiger partial charge on any atom is -0.334 e. The summed E-state index contributed by atoms with van der Waals surface area (Å²) in [6, 6.07) is 13.1. The lowest BCUT2D eigenvalue weighted by atomic mass is 10.2. The summed E-state index contributed by atoms with van der Waals surface area (Å²) < 4.78 is 12.7. The van der Waals surface area contributed by atoms with Crippen LogP contribution in [-0.2, 0) is 0 Å². The van der Waals surface area contributed by atoms with Gasteiger partial charge in [-0.15, -0.1) is 0 Å². The number of nitrogens with one attached hydrogen (secondary N) is 2. The van der Waals surface area contributed by atoms with Crippen LogP contribution in [0.1, 0.15) is 16.2 Å². The second-order valence-corrected chi connectivity index (χ2v) is 4.35. The van der Waals surface area contributed by atoms with Gasteiger partial charge in [0.15, 0.2) is 5.82 Å². The largest absolute Gasteiger partial charge is 0.334 e. The molecule has 0 spiro atoms. The van der Waals surface area contributed by atoms with Gasteiger partial charge in [-0.25, -0.2) is 14.8 Å². The number of aromatic nitrogens is 2. The maximum atomic E-state index is 12.7. The highest BCUT2D eigenvalue weighted by molar-refractivity contribution is 5.94. The van der Waals surface area contributed by atoms with Crippen molar-refractivity contribution in [2.75, 3.05) is 0 Å². The quantitative estimate of drug-likeness (QED) is 0.572. The Morgan fingerprint density at radius 1 is 1.19 bits per heavy atom. The molecule has 1 amide bonds. The lowest BCUT2D eigenvalue weighted by Gasteiger charge is -1.95. The third kappa shape index (κ3) is 2.94. The van der Waals surface area contributed by atoms with Crippen LogP contribution in [0.25, 0.3) is 11.0 Å². The molecule has 0 aliphatic heterocycles. The topological polar surface area (TPSA) is 70.1 Å². The molecule has 2 N–H and O–H groups in total. The SMILES string of the molecule is O=C(N/N=C/c1ccc(F)cc1)c1nc2ccccc2[nH]1. The molecule has 104 valence electrons. The number of carbonyl (C=O) groups excluding carboxylic acids is 1. The number of aromatic amines is 1. The summed E-state index contributed by atoms with van der Waals surface area (Å²) in [5.41, 5.74) is 4.54. The predicted molar refractivity (Wildman–Crippen MR) is 77.6 cm³/mol. The monoisotopic (exact) mass is 282 g/mol. The summed E-state index contributed by atoms with van der Waals surface area (Å²) in [4.78, 5) is 18.9. The van der Waals surface area contributed by atoms with Gasteiger partial charge in [-0.05, 0) is 29.8 Å². The van der Waals surface area contributed by atoms with Crippen molar-refractivity contribution in [1.29, 1.82) is 0 Å². The number of carbonyl (C=O) groups is 1. The number of hydrazone groups is 1. The molecule has 0 atom stereocenters. The minimum atomic E-state index is -0.440. The van der Waals surface area contributed by atoms with E-state index in [-0.39, 0.29) is 11.6 Å². The van der Waals surface area contributed by atoms with E-state index in [4.69, 9.17) is 0 Å². The molecule has 3 aromatic rings. The summed E-state index contributed by atoms with van der Waals surface area (Å²) in [6.07, 6.45) is 1.43. The van der Waals surface area contributed by atoms with Crippen molar-refractivity contribution in [1.82, 2.24) is 15.4 Å². The highest BCUT2D eigenvalue weighted by Gasteiger charge is 2.09. The van der Waals surface area contributed by atoms with Crippen molar-refractivity contribution in [3.63, 3.8) is 0 Å². The molecule has 1 heterocycles. The second kappa shape index (κ2) is 5.54. The van der Waals surface area contributed by atoms with Gasteiger partial charge in [0, 0.05) is 0 Å². The van der Waals surface area contributed by atoms with Gasteiger partial charge in [0.05, 0.1) is 17.2 Å². The van der Waals surface area contributed by atoms with Gasteiger partial charge in [0.2, 0.25) is 0 Å². The third-order valence-corrected chi connectivity index (χ3v) is 2.85. The first kappa shape index (κ1) is 13.0. The summed E-state index contributed by atoms with van der Waals surface area (Å²) in [6.45, 7) is 0. The van der Waals surface area contributed by atoms with E-state index in [2.05, 4.69) is 20.5 Å².